The molecule has 0 radical (unpaired) electrons. The van der Waals surface area contributed by atoms with E-state index in [0.29, 0.717) is 36.7 Å². The first-order valence-electron chi connectivity index (χ1n) is 17.2. The molecule has 0 aliphatic heterocycles. The average molecular weight is 553 g/mol. The lowest BCUT2D eigenvalue weighted by atomic mass is 9.74. The van der Waals surface area contributed by atoms with Crippen molar-refractivity contribution in [2.45, 2.75) is 176 Å². The second kappa shape index (κ2) is 25.9. The predicted molar refractivity (Wildman–Crippen MR) is 167 cm³/mol. The molecule has 4 heteroatoms. The molecular formula is C35H68O4. The number of aliphatic carboxylic acids is 1. The highest BCUT2D eigenvalue weighted by Gasteiger charge is 2.33. The molecule has 0 aromatic carbocycles. The van der Waals surface area contributed by atoms with Gasteiger partial charge >= 0.3 is 11.9 Å². The number of carboxylic acid groups (broad SMARTS) is 1. The minimum Gasteiger partial charge on any atom is -0.481 e. The van der Waals surface area contributed by atoms with Crippen molar-refractivity contribution in [1.29, 1.82) is 0 Å². The van der Waals surface area contributed by atoms with Gasteiger partial charge in [-0.15, -0.1) is 0 Å². The van der Waals surface area contributed by atoms with E-state index in [9.17, 15) is 9.59 Å². The summed E-state index contributed by atoms with van der Waals surface area (Å²) < 4.78 is 6.09. The maximum absolute atomic E-state index is 13.6. The Labute approximate surface area is 243 Å². The largest absolute Gasteiger partial charge is 0.481 e. The number of hydrogen-bond acceptors (Lipinski definition) is 3. The number of carbonyl (C=O) groups excluding carboxylic acids is 1. The first-order valence-corrected chi connectivity index (χ1v) is 17.2. The van der Waals surface area contributed by atoms with Crippen LogP contribution in [0.4, 0.5) is 0 Å². The van der Waals surface area contributed by atoms with Crippen molar-refractivity contribution < 1.29 is 19.4 Å². The summed E-state index contributed by atoms with van der Waals surface area (Å²) in [6.07, 6.45) is 23.8. The standard InChI is InChI=1S/C35H68O4/c1-7-11-23-30(9-3)27-33(35(38)39-28-31(10-4)24-12-8-2)32(29(5)6)25-21-19-17-15-13-14-16-18-20-22-26-34(36)37/h29-33H,7-28H2,1-6H3,(H,36,37). The maximum Gasteiger partial charge on any atom is 0.309 e. The van der Waals surface area contributed by atoms with Crippen molar-refractivity contribution >= 4 is 11.9 Å². The van der Waals surface area contributed by atoms with Crippen LogP contribution in [0.15, 0.2) is 0 Å². The molecule has 4 unspecified atom stereocenters. The van der Waals surface area contributed by atoms with E-state index in [2.05, 4.69) is 41.5 Å². The minimum atomic E-state index is -0.674. The summed E-state index contributed by atoms with van der Waals surface area (Å²) in [6, 6.07) is 0. The second-order valence-electron chi connectivity index (χ2n) is 12.7. The molecule has 0 rings (SSSR count). The summed E-state index contributed by atoms with van der Waals surface area (Å²) in [7, 11) is 0. The van der Waals surface area contributed by atoms with Gasteiger partial charge in [0.25, 0.3) is 0 Å². The third-order valence-corrected chi connectivity index (χ3v) is 8.99. The zero-order chi connectivity index (χ0) is 29.3. The van der Waals surface area contributed by atoms with Gasteiger partial charge in [-0.3, -0.25) is 9.59 Å². The molecule has 0 saturated carbocycles. The van der Waals surface area contributed by atoms with Crippen molar-refractivity contribution in [2.24, 2.45) is 29.6 Å². The second-order valence-corrected chi connectivity index (χ2v) is 12.7. The van der Waals surface area contributed by atoms with Crippen LogP contribution in [0.1, 0.15) is 176 Å². The van der Waals surface area contributed by atoms with Gasteiger partial charge in [0, 0.05) is 6.42 Å². The Morgan fingerprint density at radius 1 is 0.641 bits per heavy atom. The molecule has 0 fully saturated rings. The Balaban J connectivity index is 4.78. The number of carboxylic acids is 1. The van der Waals surface area contributed by atoms with Crippen LogP contribution >= 0.6 is 0 Å². The fourth-order valence-corrected chi connectivity index (χ4v) is 6.06. The van der Waals surface area contributed by atoms with Crippen molar-refractivity contribution in [3.63, 3.8) is 0 Å². The van der Waals surface area contributed by atoms with E-state index in [1.165, 1.54) is 77.0 Å². The summed E-state index contributed by atoms with van der Waals surface area (Å²) in [6.45, 7) is 14.2. The van der Waals surface area contributed by atoms with E-state index in [0.717, 1.165) is 51.4 Å². The summed E-state index contributed by atoms with van der Waals surface area (Å²) in [5.41, 5.74) is 0. The van der Waals surface area contributed by atoms with Gasteiger partial charge in [-0.1, -0.05) is 144 Å². The van der Waals surface area contributed by atoms with Crippen LogP contribution in [0, 0.1) is 29.6 Å². The van der Waals surface area contributed by atoms with Crippen molar-refractivity contribution in [2.75, 3.05) is 6.61 Å². The molecule has 0 bridgehead atoms. The number of ether oxygens (including phenoxy) is 1. The van der Waals surface area contributed by atoms with Crippen LogP contribution in [0.5, 0.6) is 0 Å². The lowest BCUT2D eigenvalue weighted by Gasteiger charge is -2.32. The molecule has 4 nitrogen and oxygen atoms in total. The quantitative estimate of drug-likeness (QED) is 0.0774. The van der Waals surface area contributed by atoms with E-state index in [1.54, 1.807) is 0 Å². The zero-order valence-corrected chi connectivity index (χ0v) is 27.1. The number of hydrogen-bond donors (Lipinski definition) is 1. The molecule has 0 aromatic heterocycles. The highest BCUT2D eigenvalue weighted by Crippen LogP contribution is 2.35. The maximum atomic E-state index is 13.6. The van der Waals surface area contributed by atoms with E-state index >= 15 is 0 Å². The molecule has 0 saturated heterocycles. The average Bonchev–Trinajstić information content (AvgIpc) is 2.91. The Hall–Kier alpha value is -1.06. The fraction of sp³-hybridized carbons (Fsp3) is 0.943. The van der Waals surface area contributed by atoms with Crippen molar-refractivity contribution in [1.82, 2.24) is 0 Å². The lowest BCUT2D eigenvalue weighted by molar-refractivity contribution is -0.154. The smallest absolute Gasteiger partial charge is 0.309 e. The number of unbranched alkanes of at least 4 members (excludes halogenated alkanes) is 11. The Bertz CT molecular complexity index is 573. The van der Waals surface area contributed by atoms with Gasteiger partial charge in [0.05, 0.1) is 12.5 Å². The monoisotopic (exact) mass is 553 g/mol. The SMILES string of the molecule is CCCCC(CC)COC(=O)C(CC(CC)CCCC)C(CCCCCCCCCCCCC(=O)O)C(C)C. The van der Waals surface area contributed by atoms with E-state index in [4.69, 9.17) is 9.84 Å². The molecule has 0 amide bonds. The molecule has 0 aliphatic carbocycles. The number of rotatable bonds is 28. The molecule has 0 spiro atoms. The van der Waals surface area contributed by atoms with Crippen LogP contribution in [-0.4, -0.2) is 23.7 Å². The predicted octanol–water partition coefficient (Wildman–Crippen LogP) is 11.0. The zero-order valence-electron chi connectivity index (χ0n) is 27.1. The number of esters is 1. The minimum absolute atomic E-state index is 0.0385. The third kappa shape index (κ3) is 20.5. The fourth-order valence-electron chi connectivity index (χ4n) is 6.06. The van der Waals surface area contributed by atoms with Gasteiger partial charge in [-0.2, -0.15) is 0 Å². The summed E-state index contributed by atoms with van der Waals surface area (Å²) >= 11 is 0. The molecule has 4 atom stereocenters. The topological polar surface area (TPSA) is 63.6 Å². The molecule has 0 aliphatic rings. The molecule has 39 heavy (non-hydrogen) atoms. The first kappa shape index (κ1) is 37.9. The van der Waals surface area contributed by atoms with Crippen LogP contribution in [0.2, 0.25) is 0 Å². The highest BCUT2D eigenvalue weighted by molar-refractivity contribution is 5.72. The van der Waals surface area contributed by atoms with Crippen LogP contribution in [0.25, 0.3) is 0 Å². The molecule has 0 heterocycles. The molecular weight excluding hydrogens is 484 g/mol. The van der Waals surface area contributed by atoms with E-state index in [1.807, 2.05) is 0 Å². The lowest BCUT2D eigenvalue weighted by Crippen LogP contribution is -2.32. The summed E-state index contributed by atoms with van der Waals surface area (Å²) in [4.78, 5) is 24.2. The Morgan fingerprint density at radius 2 is 1.13 bits per heavy atom. The van der Waals surface area contributed by atoms with Gasteiger partial charge in [-0.05, 0) is 49.4 Å². The molecule has 1 N–H and O–H groups in total. The van der Waals surface area contributed by atoms with Crippen LogP contribution in [0.3, 0.4) is 0 Å². The van der Waals surface area contributed by atoms with Gasteiger partial charge in [0.2, 0.25) is 0 Å². The van der Waals surface area contributed by atoms with Gasteiger partial charge < -0.3 is 9.84 Å². The third-order valence-electron chi connectivity index (χ3n) is 8.99. The van der Waals surface area contributed by atoms with Crippen LogP contribution < -0.4 is 0 Å². The van der Waals surface area contributed by atoms with Gasteiger partial charge in [-0.25, -0.2) is 0 Å². The van der Waals surface area contributed by atoms with Crippen molar-refractivity contribution in [3.8, 4) is 0 Å². The molecule has 0 aromatic rings. The van der Waals surface area contributed by atoms with Crippen molar-refractivity contribution in [3.05, 3.63) is 0 Å². The van der Waals surface area contributed by atoms with Gasteiger partial charge in [0.15, 0.2) is 0 Å². The Morgan fingerprint density at radius 3 is 1.59 bits per heavy atom. The number of carbonyl (C=O) groups is 2. The summed E-state index contributed by atoms with van der Waals surface area (Å²) in [5, 5.41) is 8.72. The molecule has 232 valence electrons. The first-order chi connectivity index (χ1) is 18.8. The van der Waals surface area contributed by atoms with Gasteiger partial charge in [0.1, 0.15) is 0 Å². The highest BCUT2D eigenvalue weighted by atomic mass is 16.5. The normalized spacial score (nSPS) is 14.7. The summed E-state index contributed by atoms with van der Waals surface area (Å²) in [5.74, 6) is 1.48. The van der Waals surface area contributed by atoms with E-state index < -0.39 is 5.97 Å². The van der Waals surface area contributed by atoms with Crippen LogP contribution in [-0.2, 0) is 14.3 Å². The van der Waals surface area contributed by atoms with E-state index in [-0.39, 0.29) is 11.9 Å². The Kier molecular flexibility index (Phi) is 25.2.